The fraction of sp³-hybridized carbons (Fsp3) is 0.357. The number of hydrogen-bond acceptors (Lipinski definition) is 4. The molecule has 100 valence electrons. The van der Waals surface area contributed by atoms with Gasteiger partial charge >= 0.3 is 0 Å². The Labute approximate surface area is 116 Å². The average molecular weight is 275 g/mol. The molecule has 0 aromatic carbocycles. The summed E-state index contributed by atoms with van der Waals surface area (Å²) in [6.07, 6.45) is 5.02. The number of carbonyl (C=O) groups is 1. The maximum atomic E-state index is 11.9. The van der Waals surface area contributed by atoms with Crippen LogP contribution in [0.15, 0.2) is 29.8 Å². The molecular formula is C14H17N3OS. The number of carbonyl (C=O) groups excluding carboxylic acids is 1. The fourth-order valence-electron chi connectivity index (χ4n) is 1.65. The predicted octanol–water partition coefficient (Wildman–Crippen LogP) is 3.13. The second-order valence-corrected chi connectivity index (χ2v) is 5.07. The Kier molecular flexibility index (Phi) is 5.03. The number of nitrogens with one attached hydrogen (secondary N) is 1. The van der Waals surface area contributed by atoms with Crippen LogP contribution in [0.3, 0.4) is 0 Å². The van der Waals surface area contributed by atoms with E-state index in [9.17, 15) is 4.79 Å². The molecular weight excluding hydrogens is 258 g/mol. The summed E-state index contributed by atoms with van der Waals surface area (Å²) in [5, 5.41) is 5.44. The number of thiazole rings is 1. The maximum absolute atomic E-state index is 11.9. The lowest BCUT2D eigenvalue weighted by Crippen LogP contribution is -2.24. The molecule has 5 heteroatoms. The summed E-state index contributed by atoms with van der Waals surface area (Å²) >= 11 is 1.44. The normalized spacial score (nSPS) is 10.4. The lowest BCUT2D eigenvalue weighted by atomic mass is 10.2. The van der Waals surface area contributed by atoms with Crippen molar-refractivity contribution in [2.45, 2.75) is 26.2 Å². The zero-order valence-electron chi connectivity index (χ0n) is 10.9. The number of unbranched alkanes of at least 4 members (excludes halogenated alkanes) is 2. The van der Waals surface area contributed by atoms with Crippen LogP contribution in [0.5, 0.6) is 0 Å². The number of amides is 1. The molecule has 0 fully saturated rings. The van der Waals surface area contributed by atoms with E-state index in [4.69, 9.17) is 0 Å². The van der Waals surface area contributed by atoms with Gasteiger partial charge < -0.3 is 5.32 Å². The number of pyridine rings is 1. The first-order valence-corrected chi connectivity index (χ1v) is 7.34. The van der Waals surface area contributed by atoms with Crippen molar-refractivity contribution in [3.05, 3.63) is 35.5 Å². The third kappa shape index (κ3) is 3.86. The SMILES string of the molecule is CCCCCNC(=O)c1csc(-c2ccccn2)n1. The maximum Gasteiger partial charge on any atom is 0.270 e. The topological polar surface area (TPSA) is 54.9 Å². The van der Waals surface area contributed by atoms with Crippen molar-refractivity contribution in [1.82, 2.24) is 15.3 Å². The Hall–Kier alpha value is -1.75. The summed E-state index contributed by atoms with van der Waals surface area (Å²) in [5.41, 5.74) is 1.28. The monoisotopic (exact) mass is 275 g/mol. The summed E-state index contributed by atoms with van der Waals surface area (Å²) in [7, 11) is 0. The molecule has 2 heterocycles. The van der Waals surface area contributed by atoms with E-state index in [1.807, 2.05) is 18.2 Å². The highest BCUT2D eigenvalue weighted by Crippen LogP contribution is 2.21. The zero-order chi connectivity index (χ0) is 13.5. The molecule has 0 aliphatic carbocycles. The molecule has 0 atom stereocenters. The molecule has 2 aromatic heterocycles. The van der Waals surface area contributed by atoms with Gasteiger partial charge in [-0.15, -0.1) is 11.3 Å². The molecule has 2 rings (SSSR count). The second-order valence-electron chi connectivity index (χ2n) is 4.22. The smallest absolute Gasteiger partial charge is 0.270 e. The third-order valence-corrected chi connectivity index (χ3v) is 3.55. The average Bonchev–Trinajstić information content (AvgIpc) is 2.94. The van der Waals surface area contributed by atoms with Crippen molar-refractivity contribution in [2.24, 2.45) is 0 Å². The standard InChI is InChI=1S/C14H17N3OS/c1-2-3-5-9-16-13(18)12-10-19-14(17-12)11-7-4-6-8-15-11/h4,6-8,10H,2-3,5,9H2,1H3,(H,16,18). The Bertz CT molecular complexity index is 524. The van der Waals surface area contributed by atoms with E-state index in [0.717, 1.165) is 30.0 Å². The van der Waals surface area contributed by atoms with Crippen LogP contribution < -0.4 is 5.32 Å². The van der Waals surface area contributed by atoms with Gasteiger partial charge in [0.25, 0.3) is 5.91 Å². The van der Waals surface area contributed by atoms with Crippen molar-refractivity contribution in [3.8, 4) is 10.7 Å². The molecule has 0 aliphatic rings. The third-order valence-electron chi connectivity index (χ3n) is 2.69. The van der Waals surface area contributed by atoms with Crippen LogP contribution in [0.1, 0.15) is 36.7 Å². The summed E-state index contributed by atoms with van der Waals surface area (Å²) in [5.74, 6) is -0.102. The molecule has 2 aromatic rings. The molecule has 0 radical (unpaired) electrons. The van der Waals surface area contributed by atoms with Gasteiger partial charge in [0.1, 0.15) is 10.7 Å². The molecule has 19 heavy (non-hydrogen) atoms. The molecule has 0 aliphatic heterocycles. The van der Waals surface area contributed by atoms with Gasteiger partial charge in [0.05, 0.1) is 5.69 Å². The van der Waals surface area contributed by atoms with Gasteiger partial charge in [-0.3, -0.25) is 9.78 Å². The molecule has 0 saturated heterocycles. The molecule has 1 amide bonds. The minimum atomic E-state index is -0.102. The van der Waals surface area contributed by atoms with E-state index in [-0.39, 0.29) is 5.91 Å². The summed E-state index contributed by atoms with van der Waals surface area (Å²) in [6, 6.07) is 5.66. The largest absolute Gasteiger partial charge is 0.351 e. The number of nitrogens with zero attached hydrogens (tertiary/aromatic N) is 2. The van der Waals surface area contributed by atoms with Crippen LogP contribution in [-0.2, 0) is 0 Å². The van der Waals surface area contributed by atoms with Gasteiger partial charge in [0.2, 0.25) is 0 Å². The van der Waals surface area contributed by atoms with Gasteiger partial charge in [0, 0.05) is 18.1 Å². The van der Waals surface area contributed by atoms with Crippen LogP contribution >= 0.6 is 11.3 Å². The lowest BCUT2D eigenvalue weighted by Gasteiger charge is -2.01. The second kappa shape index (κ2) is 6.99. The first-order valence-electron chi connectivity index (χ1n) is 6.46. The van der Waals surface area contributed by atoms with E-state index in [0.29, 0.717) is 12.2 Å². The van der Waals surface area contributed by atoms with Crippen LogP contribution in [-0.4, -0.2) is 22.4 Å². The Morgan fingerprint density at radius 3 is 3.00 bits per heavy atom. The number of rotatable bonds is 6. The number of aromatic nitrogens is 2. The summed E-state index contributed by atoms with van der Waals surface area (Å²) < 4.78 is 0. The quantitative estimate of drug-likeness (QED) is 0.824. The predicted molar refractivity (Wildman–Crippen MR) is 77.2 cm³/mol. The Balaban J connectivity index is 1.95. The minimum absolute atomic E-state index is 0.102. The number of hydrogen-bond donors (Lipinski definition) is 1. The van der Waals surface area contributed by atoms with Crippen molar-refractivity contribution in [2.75, 3.05) is 6.54 Å². The molecule has 0 unspecified atom stereocenters. The highest BCUT2D eigenvalue weighted by molar-refractivity contribution is 7.13. The Morgan fingerprint density at radius 1 is 1.37 bits per heavy atom. The van der Waals surface area contributed by atoms with Crippen molar-refractivity contribution in [1.29, 1.82) is 0 Å². The summed E-state index contributed by atoms with van der Waals surface area (Å²) in [6.45, 7) is 2.85. The highest BCUT2D eigenvalue weighted by Gasteiger charge is 2.11. The van der Waals surface area contributed by atoms with Gasteiger partial charge in [-0.05, 0) is 18.6 Å². The van der Waals surface area contributed by atoms with Gasteiger partial charge in [-0.2, -0.15) is 0 Å². The van der Waals surface area contributed by atoms with E-state index >= 15 is 0 Å². The molecule has 1 N–H and O–H groups in total. The van der Waals surface area contributed by atoms with Crippen LogP contribution in [0.4, 0.5) is 0 Å². The van der Waals surface area contributed by atoms with E-state index in [1.165, 1.54) is 11.3 Å². The molecule has 0 saturated carbocycles. The van der Waals surface area contributed by atoms with E-state index in [1.54, 1.807) is 11.6 Å². The zero-order valence-corrected chi connectivity index (χ0v) is 11.7. The van der Waals surface area contributed by atoms with E-state index < -0.39 is 0 Å². The lowest BCUT2D eigenvalue weighted by molar-refractivity contribution is 0.0949. The first kappa shape index (κ1) is 13.7. The summed E-state index contributed by atoms with van der Waals surface area (Å²) in [4.78, 5) is 20.4. The molecule has 4 nitrogen and oxygen atoms in total. The molecule has 0 bridgehead atoms. The van der Waals surface area contributed by atoms with E-state index in [2.05, 4.69) is 22.2 Å². The Morgan fingerprint density at radius 2 is 2.26 bits per heavy atom. The first-order chi connectivity index (χ1) is 9.31. The van der Waals surface area contributed by atoms with Gasteiger partial charge in [0.15, 0.2) is 0 Å². The highest BCUT2D eigenvalue weighted by atomic mass is 32.1. The van der Waals surface area contributed by atoms with Crippen molar-refractivity contribution < 1.29 is 4.79 Å². The minimum Gasteiger partial charge on any atom is -0.351 e. The van der Waals surface area contributed by atoms with Crippen LogP contribution in [0, 0.1) is 0 Å². The molecule has 0 spiro atoms. The van der Waals surface area contributed by atoms with Gasteiger partial charge in [-0.25, -0.2) is 4.98 Å². The van der Waals surface area contributed by atoms with Crippen LogP contribution in [0.25, 0.3) is 10.7 Å². The fourth-order valence-corrected chi connectivity index (χ4v) is 2.43. The van der Waals surface area contributed by atoms with Crippen molar-refractivity contribution >= 4 is 17.2 Å². The van der Waals surface area contributed by atoms with Gasteiger partial charge in [-0.1, -0.05) is 25.8 Å². The van der Waals surface area contributed by atoms with Crippen molar-refractivity contribution in [3.63, 3.8) is 0 Å². The van der Waals surface area contributed by atoms with Crippen LogP contribution in [0.2, 0.25) is 0 Å².